The molecule has 1 aromatic heterocycles. The molecule has 0 radical (unpaired) electrons. The molecule has 0 saturated heterocycles. The van der Waals surface area contributed by atoms with Crippen molar-refractivity contribution in [1.29, 1.82) is 0 Å². The van der Waals surface area contributed by atoms with Gasteiger partial charge in [0, 0.05) is 17.4 Å². The van der Waals surface area contributed by atoms with Gasteiger partial charge in [0.25, 0.3) is 11.8 Å². The van der Waals surface area contributed by atoms with E-state index in [2.05, 4.69) is 26.6 Å². The third kappa shape index (κ3) is 6.21. The van der Waals surface area contributed by atoms with E-state index in [1.165, 1.54) is 18.4 Å². The Morgan fingerprint density at radius 3 is 2.65 bits per heavy atom. The van der Waals surface area contributed by atoms with Gasteiger partial charge in [-0.05, 0) is 42.3 Å². The van der Waals surface area contributed by atoms with Crippen LogP contribution in [0.1, 0.15) is 29.0 Å². The summed E-state index contributed by atoms with van der Waals surface area (Å²) in [6.45, 7) is 0.178. The Morgan fingerprint density at radius 2 is 2.00 bits per heavy atom. The Balaban J connectivity index is 2.13. The summed E-state index contributed by atoms with van der Waals surface area (Å²) in [6, 6.07) is 10.3. The predicted octanol–water partition coefficient (Wildman–Crippen LogP) is 2.79. The molecule has 1 heterocycles. The molecule has 0 spiro atoms. The average Bonchev–Trinajstić information content (AvgIpc) is 3.12. The molecule has 2 aromatic rings. The van der Waals surface area contributed by atoms with Crippen molar-refractivity contribution in [2.24, 2.45) is 0 Å². The summed E-state index contributed by atoms with van der Waals surface area (Å²) in [7, 11) is 0. The van der Waals surface area contributed by atoms with Gasteiger partial charge in [-0.3, -0.25) is 14.4 Å². The molecule has 7 nitrogen and oxygen atoms in total. The molecule has 0 aliphatic carbocycles. The average molecular weight is 421 g/mol. The van der Waals surface area contributed by atoms with Crippen LogP contribution in [0.4, 0.5) is 0 Å². The number of aliphatic carboxylic acids is 1. The maximum Gasteiger partial charge on any atom is 0.303 e. The quantitative estimate of drug-likeness (QED) is 0.449. The number of carboxylic acids is 1. The summed E-state index contributed by atoms with van der Waals surface area (Å²) in [6.07, 6.45) is 3.12. The fourth-order valence-corrected chi connectivity index (χ4v) is 2.47. The second-order valence-electron chi connectivity index (χ2n) is 5.30. The summed E-state index contributed by atoms with van der Waals surface area (Å²) in [5.74, 6) is -1.94. The van der Waals surface area contributed by atoms with Gasteiger partial charge < -0.3 is 20.2 Å². The van der Waals surface area contributed by atoms with Crippen LogP contribution >= 0.6 is 15.9 Å². The van der Waals surface area contributed by atoms with Gasteiger partial charge in [-0.15, -0.1) is 0 Å². The number of nitrogens with one attached hydrogen (secondary N) is 2. The third-order valence-electron chi connectivity index (χ3n) is 3.25. The molecule has 0 bridgehead atoms. The van der Waals surface area contributed by atoms with Gasteiger partial charge in [0.2, 0.25) is 0 Å². The lowest BCUT2D eigenvalue weighted by Crippen LogP contribution is -2.35. The van der Waals surface area contributed by atoms with E-state index < -0.39 is 17.8 Å². The zero-order valence-corrected chi connectivity index (χ0v) is 15.3. The van der Waals surface area contributed by atoms with Crippen molar-refractivity contribution in [3.05, 3.63) is 64.2 Å². The second kappa shape index (κ2) is 9.57. The number of halogens is 1. The summed E-state index contributed by atoms with van der Waals surface area (Å²) in [4.78, 5) is 35.1. The molecule has 2 amide bonds. The summed E-state index contributed by atoms with van der Waals surface area (Å²) in [5.41, 5.74) is 0.731. The van der Waals surface area contributed by atoms with E-state index in [1.807, 2.05) is 6.07 Å². The minimum absolute atomic E-state index is 0.0276. The number of amides is 2. The molecule has 3 N–H and O–H groups in total. The Hall–Kier alpha value is -2.87. The Morgan fingerprint density at radius 1 is 1.19 bits per heavy atom. The maximum atomic E-state index is 12.4. The van der Waals surface area contributed by atoms with Gasteiger partial charge in [0.05, 0.1) is 6.26 Å². The van der Waals surface area contributed by atoms with Gasteiger partial charge in [0.15, 0.2) is 5.76 Å². The maximum absolute atomic E-state index is 12.4. The second-order valence-corrected chi connectivity index (χ2v) is 6.21. The topological polar surface area (TPSA) is 109 Å². The summed E-state index contributed by atoms with van der Waals surface area (Å²) < 4.78 is 5.85. The minimum Gasteiger partial charge on any atom is -0.481 e. The lowest BCUT2D eigenvalue weighted by Gasteiger charge is -2.10. The predicted molar refractivity (Wildman–Crippen MR) is 98.2 cm³/mol. The molecule has 8 heteroatoms. The zero-order chi connectivity index (χ0) is 18.9. The molecule has 0 fully saturated rings. The van der Waals surface area contributed by atoms with E-state index in [9.17, 15) is 14.4 Å². The Labute approximate surface area is 158 Å². The normalized spacial score (nSPS) is 11.0. The van der Waals surface area contributed by atoms with Crippen molar-refractivity contribution in [3.8, 4) is 0 Å². The number of benzene rings is 1. The van der Waals surface area contributed by atoms with Crippen LogP contribution in [0.25, 0.3) is 6.08 Å². The number of hydrogen-bond donors (Lipinski definition) is 3. The van der Waals surface area contributed by atoms with Crippen LogP contribution in [-0.2, 0) is 9.59 Å². The van der Waals surface area contributed by atoms with Crippen LogP contribution in [0.15, 0.2) is 57.2 Å². The van der Waals surface area contributed by atoms with Gasteiger partial charge in [0.1, 0.15) is 5.70 Å². The monoisotopic (exact) mass is 420 g/mol. The van der Waals surface area contributed by atoms with Crippen molar-refractivity contribution in [2.45, 2.75) is 12.8 Å². The molecule has 0 aliphatic rings. The number of carbonyl (C=O) groups is 3. The van der Waals surface area contributed by atoms with Crippen LogP contribution in [0.5, 0.6) is 0 Å². The number of furan rings is 1. The van der Waals surface area contributed by atoms with Crippen molar-refractivity contribution in [3.63, 3.8) is 0 Å². The standard InChI is InChI=1S/C18H17BrN2O5/c19-13-5-1-4-12(10-13)11-14(17(24)20-8-2-7-16(22)23)21-18(25)15-6-3-9-26-15/h1,3-6,9-11H,2,7-8H2,(H,20,24)(H,21,25)(H,22,23). The molecule has 136 valence electrons. The van der Waals surface area contributed by atoms with Gasteiger partial charge in [-0.1, -0.05) is 28.1 Å². The molecule has 0 aliphatic heterocycles. The molecular formula is C18H17BrN2O5. The first kappa shape index (κ1) is 19.5. The molecule has 26 heavy (non-hydrogen) atoms. The van der Waals surface area contributed by atoms with Crippen LogP contribution in [-0.4, -0.2) is 29.4 Å². The van der Waals surface area contributed by atoms with Crippen molar-refractivity contribution in [1.82, 2.24) is 10.6 Å². The first-order valence-corrected chi connectivity index (χ1v) is 8.57. The fraction of sp³-hybridized carbons (Fsp3) is 0.167. The van der Waals surface area contributed by atoms with Crippen LogP contribution < -0.4 is 10.6 Å². The van der Waals surface area contributed by atoms with Gasteiger partial charge in [-0.2, -0.15) is 0 Å². The fourth-order valence-electron chi connectivity index (χ4n) is 2.05. The van der Waals surface area contributed by atoms with Crippen LogP contribution in [0.3, 0.4) is 0 Å². The van der Waals surface area contributed by atoms with Crippen LogP contribution in [0, 0.1) is 0 Å². The first-order valence-electron chi connectivity index (χ1n) is 7.78. The number of carboxylic acid groups (broad SMARTS) is 1. The highest BCUT2D eigenvalue weighted by atomic mass is 79.9. The highest BCUT2D eigenvalue weighted by molar-refractivity contribution is 9.10. The van der Waals surface area contributed by atoms with E-state index in [0.717, 1.165) is 4.47 Å². The Bertz CT molecular complexity index is 815. The zero-order valence-electron chi connectivity index (χ0n) is 13.7. The molecular weight excluding hydrogens is 404 g/mol. The highest BCUT2D eigenvalue weighted by Crippen LogP contribution is 2.14. The highest BCUT2D eigenvalue weighted by Gasteiger charge is 2.16. The number of rotatable bonds is 8. The van der Waals surface area contributed by atoms with E-state index in [1.54, 1.807) is 24.3 Å². The number of hydrogen-bond acceptors (Lipinski definition) is 4. The molecule has 1 aromatic carbocycles. The van der Waals surface area contributed by atoms with Crippen molar-refractivity contribution < 1.29 is 23.9 Å². The van der Waals surface area contributed by atoms with Gasteiger partial charge in [-0.25, -0.2) is 0 Å². The van der Waals surface area contributed by atoms with E-state index in [-0.39, 0.29) is 30.8 Å². The largest absolute Gasteiger partial charge is 0.481 e. The lowest BCUT2D eigenvalue weighted by atomic mass is 10.2. The number of carbonyl (C=O) groups excluding carboxylic acids is 2. The third-order valence-corrected chi connectivity index (χ3v) is 3.74. The molecule has 0 atom stereocenters. The minimum atomic E-state index is -0.935. The SMILES string of the molecule is O=C(O)CCCNC(=O)C(=Cc1cccc(Br)c1)NC(=O)c1ccco1. The lowest BCUT2D eigenvalue weighted by molar-refractivity contribution is -0.137. The molecule has 0 unspecified atom stereocenters. The Kier molecular flexibility index (Phi) is 7.16. The smallest absolute Gasteiger partial charge is 0.303 e. The van der Waals surface area contributed by atoms with Crippen LogP contribution in [0.2, 0.25) is 0 Å². The van der Waals surface area contributed by atoms with E-state index in [4.69, 9.17) is 9.52 Å². The summed E-state index contributed by atoms with van der Waals surface area (Å²) >= 11 is 3.35. The van der Waals surface area contributed by atoms with Crippen molar-refractivity contribution >= 4 is 39.8 Å². The van der Waals surface area contributed by atoms with Crippen molar-refractivity contribution in [2.75, 3.05) is 6.54 Å². The first-order chi connectivity index (χ1) is 12.5. The summed E-state index contributed by atoms with van der Waals surface area (Å²) in [5, 5.41) is 13.8. The van der Waals surface area contributed by atoms with Gasteiger partial charge >= 0.3 is 5.97 Å². The molecule has 2 rings (SSSR count). The molecule has 0 saturated carbocycles. The van der Waals surface area contributed by atoms with E-state index in [0.29, 0.717) is 5.56 Å². The van der Waals surface area contributed by atoms with E-state index >= 15 is 0 Å².